The number of rotatable bonds is 1. The summed E-state index contributed by atoms with van der Waals surface area (Å²) >= 11 is 0. The Morgan fingerprint density at radius 1 is 1.64 bits per heavy atom. The van der Waals surface area contributed by atoms with E-state index < -0.39 is 18.2 Å². The van der Waals surface area contributed by atoms with Gasteiger partial charge in [0.2, 0.25) is 0 Å². The van der Waals surface area contributed by atoms with Crippen molar-refractivity contribution in [2.75, 3.05) is 6.54 Å². The van der Waals surface area contributed by atoms with Gasteiger partial charge in [0, 0.05) is 6.42 Å². The first-order valence-electron chi connectivity index (χ1n) is 3.30. The molecule has 0 aromatic carbocycles. The van der Waals surface area contributed by atoms with E-state index in [-0.39, 0.29) is 18.8 Å². The lowest BCUT2D eigenvalue weighted by atomic mass is 10.0. The highest BCUT2D eigenvalue weighted by atomic mass is 35.5. The van der Waals surface area contributed by atoms with Crippen LogP contribution in [-0.2, 0) is 4.79 Å². The van der Waals surface area contributed by atoms with Crippen LogP contribution in [0.2, 0.25) is 0 Å². The van der Waals surface area contributed by atoms with Crippen molar-refractivity contribution >= 4 is 18.4 Å². The summed E-state index contributed by atoms with van der Waals surface area (Å²) in [7, 11) is 0. The van der Waals surface area contributed by atoms with E-state index in [2.05, 4.69) is 5.32 Å². The zero-order chi connectivity index (χ0) is 7.56. The van der Waals surface area contributed by atoms with Gasteiger partial charge in [-0.15, -0.1) is 12.4 Å². The third kappa shape index (κ3) is 3.03. The van der Waals surface area contributed by atoms with Gasteiger partial charge in [0.05, 0.1) is 0 Å². The fraction of sp³-hybridized carbons (Fsp3) is 0.833. The molecule has 0 amide bonds. The summed E-state index contributed by atoms with van der Waals surface area (Å²) in [4.78, 5) is 10.3. The number of nitrogens with one attached hydrogen (secondary N) is 1. The average molecular weight is 184 g/mol. The van der Waals surface area contributed by atoms with Crippen molar-refractivity contribution < 1.29 is 14.3 Å². The lowest BCUT2D eigenvalue weighted by Crippen LogP contribution is -2.44. The van der Waals surface area contributed by atoms with E-state index in [1.807, 2.05) is 0 Å². The van der Waals surface area contributed by atoms with Gasteiger partial charge in [0.15, 0.2) is 0 Å². The van der Waals surface area contributed by atoms with Crippen LogP contribution in [-0.4, -0.2) is 29.8 Å². The zero-order valence-corrected chi connectivity index (χ0v) is 6.73. The Labute approximate surface area is 70.4 Å². The molecule has 2 atom stereocenters. The maximum atomic E-state index is 12.5. The third-order valence-electron chi connectivity index (χ3n) is 1.64. The molecule has 66 valence electrons. The second-order valence-electron chi connectivity index (χ2n) is 2.47. The molecule has 11 heavy (non-hydrogen) atoms. The van der Waals surface area contributed by atoms with E-state index in [1.54, 1.807) is 0 Å². The molecule has 0 saturated carbocycles. The molecule has 0 radical (unpaired) electrons. The van der Waals surface area contributed by atoms with Crippen LogP contribution in [0.4, 0.5) is 4.39 Å². The molecule has 2 N–H and O–H groups in total. The minimum absolute atomic E-state index is 0. The highest BCUT2D eigenvalue weighted by Gasteiger charge is 2.25. The molecular formula is C6H11ClFNO2. The van der Waals surface area contributed by atoms with Crippen LogP contribution in [0.15, 0.2) is 0 Å². The number of hydrogen-bond donors (Lipinski definition) is 2. The molecule has 3 nitrogen and oxygen atoms in total. The number of carboxylic acids is 1. The summed E-state index contributed by atoms with van der Waals surface area (Å²) in [5.74, 6) is -0.956. The Morgan fingerprint density at radius 2 is 2.27 bits per heavy atom. The largest absolute Gasteiger partial charge is 0.480 e. The summed E-state index contributed by atoms with van der Waals surface area (Å²) in [6.07, 6.45) is -0.401. The molecule has 5 heteroatoms. The van der Waals surface area contributed by atoms with Crippen LogP contribution in [0.25, 0.3) is 0 Å². The number of carboxylic acid groups (broad SMARTS) is 1. The normalized spacial score (nSPS) is 30.6. The smallest absolute Gasteiger partial charge is 0.320 e. The van der Waals surface area contributed by atoms with Gasteiger partial charge in [-0.25, -0.2) is 4.39 Å². The van der Waals surface area contributed by atoms with Gasteiger partial charge in [0.25, 0.3) is 0 Å². The molecule has 0 spiro atoms. The Morgan fingerprint density at radius 3 is 2.64 bits per heavy atom. The van der Waals surface area contributed by atoms with Gasteiger partial charge in [-0.1, -0.05) is 0 Å². The number of alkyl halides is 1. The molecule has 0 aromatic heterocycles. The summed E-state index contributed by atoms with van der Waals surface area (Å²) in [5, 5.41) is 11.1. The summed E-state index contributed by atoms with van der Waals surface area (Å²) in [6, 6.07) is -0.677. The predicted octanol–water partition coefficient (Wildman–Crippen LogP) is 0.583. The van der Waals surface area contributed by atoms with E-state index in [1.165, 1.54) is 0 Å². The average Bonchev–Trinajstić information content (AvgIpc) is 1.88. The van der Waals surface area contributed by atoms with Crippen molar-refractivity contribution in [3.8, 4) is 0 Å². The predicted molar refractivity (Wildman–Crippen MR) is 40.8 cm³/mol. The molecule has 0 aromatic rings. The number of aliphatic carboxylic acids is 1. The fourth-order valence-corrected chi connectivity index (χ4v) is 1.06. The maximum absolute atomic E-state index is 12.5. The number of piperidine rings is 1. The molecule has 1 heterocycles. The van der Waals surface area contributed by atoms with Crippen LogP contribution >= 0.6 is 12.4 Å². The molecule has 1 aliphatic heterocycles. The molecule has 0 unspecified atom stereocenters. The number of hydrogen-bond acceptors (Lipinski definition) is 2. The Hall–Kier alpha value is -0.350. The first-order valence-corrected chi connectivity index (χ1v) is 3.30. The molecule has 1 saturated heterocycles. The van der Waals surface area contributed by atoms with Crippen LogP contribution < -0.4 is 5.32 Å². The van der Waals surface area contributed by atoms with Gasteiger partial charge in [-0.3, -0.25) is 4.79 Å². The minimum atomic E-state index is -0.956. The molecule has 1 aliphatic rings. The summed E-state index contributed by atoms with van der Waals surface area (Å²) in [5.41, 5.74) is 0. The second kappa shape index (κ2) is 4.51. The lowest BCUT2D eigenvalue weighted by Gasteiger charge is -2.22. The van der Waals surface area contributed by atoms with E-state index in [9.17, 15) is 9.18 Å². The minimum Gasteiger partial charge on any atom is -0.480 e. The van der Waals surface area contributed by atoms with E-state index in [0.29, 0.717) is 13.0 Å². The standard InChI is InChI=1S/C6H10FNO2.ClH/c7-4-1-2-8-5(3-4)6(9)10;/h4-5,8H,1-3H2,(H,9,10);1H/t4-,5+;/m1./s1. The molecular weight excluding hydrogens is 173 g/mol. The first-order chi connectivity index (χ1) is 4.70. The van der Waals surface area contributed by atoms with Crippen molar-refractivity contribution in [3.05, 3.63) is 0 Å². The molecule has 1 rings (SSSR count). The Bertz CT molecular complexity index is 145. The van der Waals surface area contributed by atoms with Crippen molar-refractivity contribution in [1.29, 1.82) is 0 Å². The monoisotopic (exact) mass is 183 g/mol. The van der Waals surface area contributed by atoms with Crippen molar-refractivity contribution in [3.63, 3.8) is 0 Å². The van der Waals surface area contributed by atoms with Crippen molar-refractivity contribution in [2.24, 2.45) is 0 Å². The van der Waals surface area contributed by atoms with Gasteiger partial charge in [-0.2, -0.15) is 0 Å². The van der Waals surface area contributed by atoms with Gasteiger partial charge < -0.3 is 10.4 Å². The van der Waals surface area contributed by atoms with E-state index >= 15 is 0 Å². The fourth-order valence-electron chi connectivity index (χ4n) is 1.06. The van der Waals surface area contributed by atoms with Crippen LogP contribution in [0.1, 0.15) is 12.8 Å². The third-order valence-corrected chi connectivity index (χ3v) is 1.64. The first kappa shape index (κ1) is 10.7. The van der Waals surface area contributed by atoms with E-state index in [0.717, 1.165) is 0 Å². The van der Waals surface area contributed by atoms with Crippen LogP contribution in [0.3, 0.4) is 0 Å². The topological polar surface area (TPSA) is 49.3 Å². The van der Waals surface area contributed by atoms with Crippen LogP contribution in [0.5, 0.6) is 0 Å². The van der Waals surface area contributed by atoms with Crippen molar-refractivity contribution in [2.45, 2.75) is 25.1 Å². The lowest BCUT2D eigenvalue weighted by molar-refractivity contribution is -0.140. The zero-order valence-electron chi connectivity index (χ0n) is 5.92. The summed E-state index contributed by atoms with van der Waals surface area (Å²) < 4.78 is 12.5. The highest BCUT2D eigenvalue weighted by Crippen LogP contribution is 2.11. The van der Waals surface area contributed by atoms with E-state index in [4.69, 9.17) is 5.11 Å². The number of carbonyl (C=O) groups is 1. The van der Waals surface area contributed by atoms with Crippen LogP contribution in [0, 0.1) is 0 Å². The molecule has 0 aliphatic carbocycles. The molecule has 1 fully saturated rings. The Kier molecular flexibility index (Phi) is 4.37. The van der Waals surface area contributed by atoms with Gasteiger partial charge in [0.1, 0.15) is 12.2 Å². The quantitative estimate of drug-likeness (QED) is 0.626. The SMILES string of the molecule is Cl.O=C(O)[C@@H]1C[C@H](F)CCN1. The molecule has 0 bridgehead atoms. The maximum Gasteiger partial charge on any atom is 0.320 e. The Balaban J connectivity index is 0.000001000. The second-order valence-corrected chi connectivity index (χ2v) is 2.47. The number of halogens is 2. The van der Waals surface area contributed by atoms with Gasteiger partial charge in [-0.05, 0) is 13.0 Å². The van der Waals surface area contributed by atoms with Gasteiger partial charge >= 0.3 is 5.97 Å². The summed E-state index contributed by atoms with van der Waals surface area (Å²) in [6.45, 7) is 0.470. The highest BCUT2D eigenvalue weighted by molar-refractivity contribution is 5.85. The van der Waals surface area contributed by atoms with Crippen molar-refractivity contribution in [1.82, 2.24) is 5.32 Å².